The molecule has 2 heterocycles. The van der Waals surface area contributed by atoms with Gasteiger partial charge in [0.05, 0.1) is 29.7 Å². The van der Waals surface area contributed by atoms with Crippen LogP contribution in [0.5, 0.6) is 5.75 Å². The average molecular weight is 397 g/mol. The Morgan fingerprint density at radius 1 is 1.21 bits per heavy atom. The Labute approximate surface area is 165 Å². The number of thioether (sulfide) groups is 1. The van der Waals surface area contributed by atoms with Gasteiger partial charge < -0.3 is 14.8 Å². The van der Waals surface area contributed by atoms with Crippen molar-refractivity contribution in [1.82, 2.24) is 14.9 Å². The number of fused-ring (bicyclic) bond motifs is 1. The minimum atomic E-state index is -0.416. The van der Waals surface area contributed by atoms with Crippen LogP contribution >= 0.6 is 11.8 Å². The van der Waals surface area contributed by atoms with Gasteiger partial charge in [-0.15, -0.1) is 0 Å². The Morgan fingerprint density at radius 2 is 2.00 bits per heavy atom. The van der Waals surface area contributed by atoms with Crippen molar-refractivity contribution in [3.8, 4) is 11.4 Å². The molecule has 1 fully saturated rings. The average Bonchev–Trinajstić information content (AvgIpc) is 3.13. The number of alkyl carbamates (subject to hydrolysis) is 1. The second kappa shape index (κ2) is 7.93. The highest BCUT2D eigenvalue weighted by Crippen LogP contribution is 2.24. The zero-order valence-electron chi connectivity index (χ0n) is 15.3. The SMILES string of the molecule is CCOc1ccc(-n2c(SC[C@@H]3CNC(=O)O3)nc3ccccc3c2=O)cc1. The molecule has 144 valence electrons. The summed E-state index contributed by atoms with van der Waals surface area (Å²) in [4.78, 5) is 29.1. The number of benzene rings is 2. The van der Waals surface area contributed by atoms with Gasteiger partial charge in [-0.2, -0.15) is 0 Å². The largest absolute Gasteiger partial charge is 0.494 e. The molecule has 1 aliphatic heterocycles. The number of nitrogens with zero attached hydrogens (tertiary/aromatic N) is 2. The van der Waals surface area contributed by atoms with E-state index in [1.165, 1.54) is 11.8 Å². The smallest absolute Gasteiger partial charge is 0.407 e. The fourth-order valence-electron chi connectivity index (χ4n) is 2.99. The number of rotatable bonds is 6. The highest BCUT2D eigenvalue weighted by Gasteiger charge is 2.24. The molecule has 1 atom stereocenters. The number of cyclic esters (lactones) is 1. The topological polar surface area (TPSA) is 82.4 Å². The molecule has 1 amide bonds. The van der Waals surface area contributed by atoms with Gasteiger partial charge in [0.25, 0.3) is 5.56 Å². The summed E-state index contributed by atoms with van der Waals surface area (Å²) in [7, 11) is 0. The highest BCUT2D eigenvalue weighted by molar-refractivity contribution is 7.99. The van der Waals surface area contributed by atoms with Gasteiger partial charge in [-0.05, 0) is 43.3 Å². The number of para-hydroxylation sites is 1. The van der Waals surface area contributed by atoms with Gasteiger partial charge in [0.15, 0.2) is 5.16 Å². The van der Waals surface area contributed by atoms with Crippen molar-refractivity contribution in [3.63, 3.8) is 0 Å². The van der Waals surface area contributed by atoms with E-state index in [9.17, 15) is 9.59 Å². The molecule has 28 heavy (non-hydrogen) atoms. The quantitative estimate of drug-likeness (QED) is 0.509. The molecule has 0 unspecified atom stereocenters. The van der Waals surface area contributed by atoms with Gasteiger partial charge in [-0.25, -0.2) is 9.78 Å². The van der Waals surface area contributed by atoms with Crippen LogP contribution in [0.15, 0.2) is 58.5 Å². The number of amides is 1. The summed E-state index contributed by atoms with van der Waals surface area (Å²) in [6.45, 7) is 2.95. The lowest BCUT2D eigenvalue weighted by atomic mass is 10.2. The normalized spacial score (nSPS) is 16.0. The summed E-state index contributed by atoms with van der Waals surface area (Å²) in [6, 6.07) is 14.6. The Balaban J connectivity index is 1.74. The summed E-state index contributed by atoms with van der Waals surface area (Å²) >= 11 is 1.39. The Morgan fingerprint density at radius 3 is 2.71 bits per heavy atom. The van der Waals surface area contributed by atoms with E-state index in [0.29, 0.717) is 40.7 Å². The molecule has 0 aliphatic carbocycles. The highest BCUT2D eigenvalue weighted by atomic mass is 32.2. The van der Waals surface area contributed by atoms with Crippen LogP contribution in [-0.4, -0.2) is 40.7 Å². The van der Waals surface area contributed by atoms with Crippen LogP contribution in [-0.2, 0) is 4.74 Å². The van der Waals surface area contributed by atoms with Crippen molar-refractivity contribution < 1.29 is 14.3 Å². The maximum atomic E-state index is 13.2. The summed E-state index contributed by atoms with van der Waals surface area (Å²) in [6.07, 6.45) is -0.671. The van der Waals surface area contributed by atoms with Gasteiger partial charge in [0.1, 0.15) is 11.9 Å². The van der Waals surface area contributed by atoms with Crippen molar-refractivity contribution in [3.05, 3.63) is 58.9 Å². The predicted octanol–water partition coefficient (Wildman–Crippen LogP) is 2.98. The number of aromatic nitrogens is 2. The zero-order chi connectivity index (χ0) is 19.5. The molecule has 2 aromatic carbocycles. The van der Waals surface area contributed by atoms with Crippen LogP contribution in [0.2, 0.25) is 0 Å². The molecule has 4 rings (SSSR count). The van der Waals surface area contributed by atoms with Gasteiger partial charge in [-0.1, -0.05) is 23.9 Å². The lowest BCUT2D eigenvalue weighted by Crippen LogP contribution is -2.23. The van der Waals surface area contributed by atoms with Gasteiger partial charge >= 0.3 is 6.09 Å². The van der Waals surface area contributed by atoms with Gasteiger partial charge in [-0.3, -0.25) is 9.36 Å². The van der Waals surface area contributed by atoms with Crippen molar-refractivity contribution in [1.29, 1.82) is 0 Å². The molecule has 1 saturated heterocycles. The monoisotopic (exact) mass is 397 g/mol. The molecule has 1 aliphatic rings. The molecular formula is C20H19N3O4S. The van der Waals surface area contributed by atoms with Crippen molar-refractivity contribution in [2.75, 3.05) is 18.9 Å². The molecule has 0 spiro atoms. The fraction of sp³-hybridized carbons (Fsp3) is 0.250. The van der Waals surface area contributed by atoms with E-state index >= 15 is 0 Å². The van der Waals surface area contributed by atoms with Crippen LogP contribution in [0.3, 0.4) is 0 Å². The van der Waals surface area contributed by atoms with E-state index in [-0.39, 0.29) is 11.7 Å². The standard InChI is InChI=1S/C20H19N3O4S/c1-2-26-14-9-7-13(8-10-14)23-18(24)16-5-3-4-6-17(16)22-19(23)28-12-15-11-21-20(25)27-15/h3-10,15H,2,11-12H2,1H3,(H,21,25)/t15-/m0/s1. The second-order valence-electron chi connectivity index (χ2n) is 6.20. The lowest BCUT2D eigenvalue weighted by molar-refractivity contribution is 0.150. The number of hydrogen-bond acceptors (Lipinski definition) is 6. The van der Waals surface area contributed by atoms with E-state index in [2.05, 4.69) is 10.3 Å². The molecule has 1 N–H and O–H groups in total. The number of carbonyl (C=O) groups excluding carboxylic acids is 1. The Bertz CT molecular complexity index is 1070. The second-order valence-corrected chi connectivity index (χ2v) is 7.19. The molecule has 0 saturated carbocycles. The predicted molar refractivity (Wildman–Crippen MR) is 108 cm³/mol. The summed E-state index contributed by atoms with van der Waals surface area (Å²) < 4.78 is 12.3. The van der Waals surface area contributed by atoms with Crippen molar-refractivity contribution in [2.24, 2.45) is 0 Å². The number of nitrogens with one attached hydrogen (secondary N) is 1. The lowest BCUT2D eigenvalue weighted by Gasteiger charge is -2.15. The van der Waals surface area contributed by atoms with E-state index in [0.717, 1.165) is 5.75 Å². The molecule has 7 nitrogen and oxygen atoms in total. The third-order valence-corrected chi connectivity index (χ3v) is 5.37. The maximum absolute atomic E-state index is 13.2. The first kappa shape index (κ1) is 18.4. The van der Waals surface area contributed by atoms with Crippen molar-refractivity contribution >= 4 is 28.8 Å². The Hall–Kier alpha value is -3.00. The fourth-order valence-corrected chi connectivity index (χ4v) is 3.99. The first-order valence-electron chi connectivity index (χ1n) is 8.98. The molecule has 3 aromatic rings. The number of hydrogen-bond donors (Lipinski definition) is 1. The minimum Gasteiger partial charge on any atom is -0.494 e. The first-order chi connectivity index (χ1) is 13.7. The Kier molecular flexibility index (Phi) is 5.21. The number of ether oxygens (including phenoxy) is 2. The summed E-state index contributed by atoms with van der Waals surface area (Å²) in [5.74, 6) is 1.24. The van der Waals surface area contributed by atoms with E-state index in [1.54, 1.807) is 10.6 Å². The zero-order valence-corrected chi connectivity index (χ0v) is 16.1. The summed E-state index contributed by atoms with van der Waals surface area (Å²) in [5.41, 5.74) is 1.20. The minimum absolute atomic E-state index is 0.140. The maximum Gasteiger partial charge on any atom is 0.407 e. The summed E-state index contributed by atoms with van der Waals surface area (Å²) in [5, 5.41) is 3.74. The van der Waals surface area contributed by atoms with Crippen LogP contribution in [0.4, 0.5) is 4.79 Å². The van der Waals surface area contributed by atoms with Crippen LogP contribution in [0, 0.1) is 0 Å². The molecule has 0 bridgehead atoms. The van der Waals surface area contributed by atoms with E-state index < -0.39 is 6.09 Å². The van der Waals surface area contributed by atoms with Crippen LogP contribution in [0.25, 0.3) is 16.6 Å². The molecule has 1 aromatic heterocycles. The number of carbonyl (C=O) groups is 1. The van der Waals surface area contributed by atoms with Gasteiger partial charge in [0.2, 0.25) is 0 Å². The molecule has 0 radical (unpaired) electrons. The van der Waals surface area contributed by atoms with E-state index in [1.807, 2.05) is 49.4 Å². The van der Waals surface area contributed by atoms with E-state index in [4.69, 9.17) is 9.47 Å². The first-order valence-corrected chi connectivity index (χ1v) is 9.96. The third kappa shape index (κ3) is 3.68. The molecule has 8 heteroatoms. The third-order valence-electron chi connectivity index (χ3n) is 4.30. The van der Waals surface area contributed by atoms with Crippen molar-refractivity contribution in [2.45, 2.75) is 18.2 Å². The van der Waals surface area contributed by atoms with Crippen LogP contribution < -0.4 is 15.6 Å². The molecular weight excluding hydrogens is 378 g/mol. The van der Waals surface area contributed by atoms with Gasteiger partial charge in [0, 0.05) is 5.75 Å². The van der Waals surface area contributed by atoms with Crippen LogP contribution in [0.1, 0.15) is 6.92 Å².